The summed E-state index contributed by atoms with van der Waals surface area (Å²) in [6, 6.07) is 0. The van der Waals surface area contributed by atoms with Gasteiger partial charge in [-0.25, -0.2) is 0 Å². The number of nitrogens with two attached hydrogens (primary N) is 1. The van der Waals surface area contributed by atoms with Crippen LogP contribution in [0.2, 0.25) is 0 Å². The SMILES string of the molecule is CCCCOCCOC1(CN)CCCOC1. The molecule has 96 valence electrons. The molecule has 1 rings (SSSR count). The zero-order valence-corrected chi connectivity index (χ0v) is 10.4. The van der Waals surface area contributed by atoms with Crippen LogP contribution in [0.3, 0.4) is 0 Å². The third-order valence-corrected chi connectivity index (χ3v) is 2.94. The molecule has 0 bridgehead atoms. The summed E-state index contributed by atoms with van der Waals surface area (Å²) in [5.41, 5.74) is 5.50. The molecule has 0 aromatic carbocycles. The van der Waals surface area contributed by atoms with E-state index < -0.39 is 0 Å². The topological polar surface area (TPSA) is 53.7 Å². The lowest BCUT2D eigenvalue weighted by Gasteiger charge is -2.35. The molecule has 4 heteroatoms. The van der Waals surface area contributed by atoms with Crippen molar-refractivity contribution in [3.8, 4) is 0 Å². The molecule has 0 aromatic rings. The van der Waals surface area contributed by atoms with Crippen molar-refractivity contribution in [2.75, 3.05) is 39.6 Å². The predicted octanol–water partition coefficient (Wildman–Crippen LogP) is 1.33. The van der Waals surface area contributed by atoms with Gasteiger partial charge in [0.2, 0.25) is 0 Å². The molecule has 4 nitrogen and oxygen atoms in total. The van der Waals surface area contributed by atoms with Crippen LogP contribution in [0.1, 0.15) is 32.6 Å². The first-order valence-corrected chi connectivity index (χ1v) is 6.32. The van der Waals surface area contributed by atoms with E-state index in [1.807, 2.05) is 0 Å². The molecule has 0 spiro atoms. The Kier molecular flexibility index (Phi) is 6.96. The van der Waals surface area contributed by atoms with Crippen molar-refractivity contribution < 1.29 is 14.2 Å². The van der Waals surface area contributed by atoms with Crippen LogP contribution in [0.15, 0.2) is 0 Å². The zero-order chi connectivity index (χ0) is 11.7. The minimum absolute atomic E-state index is 0.258. The third-order valence-electron chi connectivity index (χ3n) is 2.94. The number of ether oxygens (including phenoxy) is 3. The molecule has 16 heavy (non-hydrogen) atoms. The van der Waals surface area contributed by atoms with E-state index in [1.165, 1.54) is 6.42 Å². The third kappa shape index (κ3) is 4.78. The lowest BCUT2D eigenvalue weighted by atomic mass is 9.97. The van der Waals surface area contributed by atoms with E-state index in [9.17, 15) is 0 Å². The van der Waals surface area contributed by atoms with E-state index in [1.54, 1.807) is 0 Å². The fourth-order valence-electron chi connectivity index (χ4n) is 1.83. The second-order valence-electron chi connectivity index (χ2n) is 4.36. The van der Waals surface area contributed by atoms with Crippen LogP contribution < -0.4 is 5.73 Å². The number of hydrogen-bond donors (Lipinski definition) is 1. The molecule has 1 unspecified atom stereocenters. The minimum atomic E-state index is -0.258. The Morgan fingerprint density at radius 1 is 1.31 bits per heavy atom. The normalized spacial score (nSPS) is 25.9. The van der Waals surface area contributed by atoms with Gasteiger partial charge >= 0.3 is 0 Å². The Morgan fingerprint density at radius 2 is 2.19 bits per heavy atom. The summed E-state index contributed by atoms with van der Waals surface area (Å²) < 4.78 is 16.7. The van der Waals surface area contributed by atoms with E-state index in [0.717, 1.165) is 32.5 Å². The van der Waals surface area contributed by atoms with Gasteiger partial charge in [-0.2, -0.15) is 0 Å². The van der Waals surface area contributed by atoms with Gasteiger partial charge in [-0.1, -0.05) is 13.3 Å². The van der Waals surface area contributed by atoms with Crippen molar-refractivity contribution in [2.24, 2.45) is 5.73 Å². The molecular formula is C12H25NO3. The standard InChI is InChI=1S/C12H25NO3/c1-2-3-6-14-8-9-16-12(10-13)5-4-7-15-11-12/h2-11,13H2,1H3. The average molecular weight is 231 g/mol. The van der Waals surface area contributed by atoms with Crippen LogP contribution in [0.4, 0.5) is 0 Å². The van der Waals surface area contributed by atoms with Gasteiger partial charge in [0.25, 0.3) is 0 Å². The zero-order valence-electron chi connectivity index (χ0n) is 10.4. The highest BCUT2D eigenvalue weighted by molar-refractivity contribution is 4.84. The van der Waals surface area contributed by atoms with Gasteiger partial charge in [-0.15, -0.1) is 0 Å². The van der Waals surface area contributed by atoms with Gasteiger partial charge < -0.3 is 19.9 Å². The Bertz CT molecular complexity index is 170. The highest BCUT2D eigenvalue weighted by Crippen LogP contribution is 2.22. The summed E-state index contributed by atoms with van der Waals surface area (Å²) in [7, 11) is 0. The predicted molar refractivity (Wildman–Crippen MR) is 63.5 cm³/mol. The van der Waals surface area contributed by atoms with Crippen LogP contribution >= 0.6 is 0 Å². The molecule has 1 heterocycles. The molecule has 0 saturated carbocycles. The minimum Gasteiger partial charge on any atom is -0.379 e. The van der Waals surface area contributed by atoms with Gasteiger partial charge in [0.1, 0.15) is 5.60 Å². The smallest absolute Gasteiger partial charge is 0.104 e. The van der Waals surface area contributed by atoms with Crippen molar-refractivity contribution >= 4 is 0 Å². The Morgan fingerprint density at radius 3 is 2.81 bits per heavy atom. The maximum atomic E-state index is 5.82. The summed E-state index contributed by atoms with van der Waals surface area (Å²) in [4.78, 5) is 0. The quantitative estimate of drug-likeness (QED) is 0.640. The molecule has 0 aromatic heterocycles. The van der Waals surface area contributed by atoms with E-state index in [-0.39, 0.29) is 5.60 Å². The number of unbranched alkanes of at least 4 members (excludes halogenated alkanes) is 1. The van der Waals surface area contributed by atoms with Gasteiger partial charge in [0, 0.05) is 19.8 Å². The molecule has 1 saturated heterocycles. The largest absolute Gasteiger partial charge is 0.379 e. The summed E-state index contributed by atoms with van der Waals surface area (Å²) in [5, 5.41) is 0. The average Bonchev–Trinajstić information content (AvgIpc) is 2.35. The molecule has 1 aliphatic heterocycles. The Labute approximate surface area is 98.4 Å². The van der Waals surface area contributed by atoms with Crippen molar-refractivity contribution in [3.63, 3.8) is 0 Å². The van der Waals surface area contributed by atoms with Crippen LogP contribution in [0.25, 0.3) is 0 Å². The van der Waals surface area contributed by atoms with Crippen molar-refractivity contribution in [1.29, 1.82) is 0 Å². The monoisotopic (exact) mass is 231 g/mol. The van der Waals surface area contributed by atoms with Crippen LogP contribution in [0, 0.1) is 0 Å². The van der Waals surface area contributed by atoms with Crippen molar-refractivity contribution in [1.82, 2.24) is 0 Å². The number of hydrogen-bond acceptors (Lipinski definition) is 4. The van der Waals surface area contributed by atoms with E-state index in [2.05, 4.69) is 6.92 Å². The first-order valence-electron chi connectivity index (χ1n) is 6.32. The molecule has 1 aliphatic rings. The number of rotatable bonds is 8. The second-order valence-corrected chi connectivity index (χ2v) is 4.36. The highest BCUT2D eigenvalue weighted by atomic mass is 16.6. The van der Waals surface area contributed by atoms with Gasteiger partial charge in [0.05, 0.1) is 19.8 Å². The van der Waals surface area contributed by atoms with Gasteiger partial charge in [-0.05, 0) is 19.3 Å². The molecule has 1 fully saturated rings. The lowest BCUT2D eigenvalue weighted by molar-refractivity contribution is -0.132. The van der Waals surface area contributed by atoms with Crippen molar-refractivity contribution in [2.45, 2.75) is 38.2 Å². The van der Waals surface area contributed by atoms with Gasteiger partial charge in [0.15, 0.2) is 0 Å². The summed E-state index contributed by atoms with van der Waals surface area (Å²) in [5.74, 6) is 0. The highest BCUT2D eigenvalue weighted by Gasteiger charge is 2.32. The summed E-state index contributed by atoms with van der Waals surface area (Å²) in [6.45, 7) is 6.24. The molecule has 1 atom stereocenters. The second kappa shape index (κ2) is 8.01. The fourth-order valence-corrected chi connectivity index (χ4v) is 1.83. The first kappa shape index (κ1) is 13.9. The molecular weight excluding hydrogens is 206 g/mol. The van der Waals surface area contributed by atoms with Gasteiger partial charge in [-0.3, -0.25) is 0 Å². The van der Waals surface area contributed by atoms with Crippen molar-refractivity contribution in [3.05, 3.63) is 0 Å². The Balaban J connectivity index is 2.08. The van der Waals surface area contributed by atoms with E-state index in [0.29, 0.717) is 26.4 Å². The molecule has 0 aliphatic carbocycles. The van der Waals surface area contributed by atoms with Crippen LogP contribution in [-0.2, 0) is 14.2 Å². The van der Waals surface area contributed by atoms with E-state index in [4.69, 9.17) is 19.9 Å². The summed E-state index contributed by atoms with van der Waals surface area (Å²) in [6.07, 6.45) is 4.32. The summed E-state index contributed by atoms with van der Waals surface area (Å²) >= 11 is 0. The first-order chi connectivity index (χ1) is 7.83. The molecule has 0 radical (unpaired) electrons. The maximum absolute atomic E-state index is 5.82. The lowest BCUT2D eigenvalue weighted by Crippen LogP contribution is -2.48. The van der Waals surface area contributed by atoms with Crippen LogP contribution in [-0.4, -0.2) is 45.2 Å². The maximum Gasteiger partial charge on any atom is 0.104 e. The Hall–Kier alpha value is -0.160. The molecule has 0 amide bonds. The van der Waals surface area contributed by atoms with Crippen LogP contribution in [0.5, 0.6) is 0 Å². The van der Waals surface area contributed by atoms with E-state index >= 15 is 0 Å². The fraction of sp³-hybridized carbons (Fsp3) is 1.00. The molecule has 2 N–H and O–H groups in total.